The summed E-state index contributed by atoms with van der Waals surface area (Å²) in [7, 11) is 0. The van der Waals surface area contributed by atoms with Crippen molar-refractivity contribution in [3.63, 3.8) is 0 Å². The van der Waals surface area contributed by atoms with E-state index in [1.807, 2.05) is 26.0 Å². The molecule has 0 heterocycles. The molecule has 0 saturated carbocycles. The zero-order valence-corrected chi connectivity index (χ0v) is 9.94. The highest BCUT2D eigenvalue weighted by Crippen LogP contribution is 2.23. The van der Waals surface area contributed by atoms with Gasteiger partial charge in [0.15, 0.2) is 0 Å². The predicted molar refractivity (Wildman–Crippen MR) is 66.4 cm³/mol. The van der Waals surface area contributed by atoms with Crippen LogP contribution in [0, 0.1) is 19.7 Å². The van der Waals surface area contributed by atoms with Gasteiger partial charge in [0.25, 0.3) is 0 Å². The Morgan fingerprint density at radius 2 is 1.41 bits per heavy atom. The van der Waals surface area contributed by atoms with Crippen LogP contribution in [0.2, 0.25) is 0 Å². The molecule has 1 nitrogen and oxygen atoms in total. The highest BCUT2D eigenvalue weighted by atomic mass is 19.1. The predicted octanol–water partition coefficient (Wildman–Crippen LogP) is 3.52. The van der Waals surface area contributed by atoms with Crippen molar-refractivity contribution in [1.29, 1.82) is 0 Å². The summed E-state index contributed by atoms with van der Waals surface area (Å²) in [5, 5.41) is 10.2. The van der Waals surface area contributed by atoms with E-state index in [1.54, 1.807) is 12.1 Å². The number of aliphatic hydroxyl groups excluding tert-OH is 1. The lowest BCUT2D eigenvalue weighted by Gasteiger charge is -2.13. The number of benzene rings is 2. The largest absolute Gasteiger partial charge is 0.384 e. The van der Waals surface area contributed by atoms with E-state index in [4.69, 9.17) is 0 Å². The highest BCUT2D eigenvalue weighted by molar-refractivity contribution is 5.35. The second-order valence-electron chi connectivity index (χ2n) is 4.38. The van der Waals surface area contributed by atoms with E-state index in [9.17, 15) is 9.50 Å². The summed E-state index contributed by atoms with van der Waals surface area (Å²) in [5.41, 5.74) is 3.77. The lowest BCUT2D eigenvalue weighted by molar-refractivity contribution is 0.220. The maximum absolute atomic E-state index is 12.8. The second kappa shape index (κ2) is 4.68. The quantitative estimate of drug-likeness (QED) is 0.836. The molecule has 0 fully saturated rings. The van der Waals surface area contributed by atoms with Crippen LogP contribution in [0.15, 0.2) is 42.5 Å². The molecule has 0 bridgehead atoms. The maximum Gasteiger partial charge on any atom is 0.123 e. The molecule has 0 saturated heterocycles. The first-order valence-corrected chi connectivity index (χ1v) is 5.58. The van der Waals surface area contributed by atoms with E-state index >= 15 is 0 Å². The van der Waals surface area contributed by atoms with Gasteiger partial charge >= 0.3 is 0 Å². The van der Waals surface area contributed by atoms with E-state index in [0.29, 0.717) is 5.56 Å². The number of aliphatic hydroxyl groups is 1. The average molecular weight is 230 g/mol. The lowest BCUT2D eigenvalue weighted by Crippen LogP contribution is -2.00. The Hall–Kier alpha value is -1.67. The monoisotopic (exact) mass is 230 g/mol. The fraction of sp³-hybridized carbons (Fsp3) is 0.200. The molecule has 2 rings (SSSR count). The zero-order chi connectivity index (χ0) is 12.4. The highest BCUT2D eigenvalue weighted by Gasteiger charge is 2.11. The molecule has 1 N–H and O–H groups in total. The van der Waals surface area contributed by atoms with Gasteiger partial charge in [-0.1, -0.05) is 41.5 Å². The van der Waals surface area contributed by atoms with Crippen LogP contribution >= 0.6 is 0 Å². The summed E-state index contributed by atoms with van der Waals surface area (Å²) in [6, 6.07) is 11.9. The van der Waals surface area contributed by atoms with Crippen molar-refractivity contribution in [3.8, 4) is 0 Å². The number of rotatable bonds is 2. The van der Waals surface area contributed by atoms with Crippen molar-refractivity contribution in [2.75, 3.05) is 0 Å². The average Bonchev–Trinajstić information content (AvgIpc) is 2.28. The minimum Gasteiger partial charge on any atom is -0.384 e. The van der Waals surface area contributed by atoms with Gasteiger partial charge in [-0.2, -0.15) is 0 Å². The SMILES string of the molecule is Cc1cc(C)cc([C@H](O)c2ccc(F)cc2)c1. The first kappa shape index (κ1) is 11.8. The third kappa shape index (κ3) is 2.71. The Bertz CT molecular complexity index is 497. The van der Waals surface area contributed by atoms with Gasteiger partial charge < -0.3 is 5.11 Å². The first-order chi connectivity index (χ1) is 8.06. The van der Waals surface area contributed by atoms with Gasteiger partial charge in [0.1, 0.15) is 11.9 Å². The van der Waals surface area contributed by atoms with Crippen LogP contribution in [-0.4, -0.2) is 5.11 Å². The molecular formula is C15H15FO. The van der Waals surface area contributed by atoms with E-state index < -0.39 is 6.10 Å². The third-order valence-corrected chi connectivity index (χ3v) is 2.75. The van der Waals surface area contributed by atoms with Gasteiger partial charge in [0.05, 0.1) is 0 Å². The van der Waals surface area contributed by atoms with Crippen LogP contribution < -0.4 is 0 Å². The van der Waals surface area contributed by atoms with Crippen LogP contribution in [-0.2, 0) is 0 Å². The standard InChI is InChI=1S/C15H15FO/c1-10-7-11(2)9-13(8-10)15(17)12-3-5-14(16)6-4-12/h3-9,15,17H,1-2H3/t15-/m1/s1. The molecule has 2 aromatic carbocycles. The zero-order valence-electron chi connectivity index (χ0n) is 9.94. The van der Waals surface area contributed by atoms with Crippen molar-refractivity contribution >= 4 is 0 Å². The fourth-order valence-corrected chi connectivity index (χ4v) is 2.01. The molecule has 1 atom stereocenters. The topological polar surface area (TPSA) is 20.2 Å². The molecule has 2 aromatic rings. The smallest absolute Gasteiger partial charge is 0.123 e. The van der Waals surface area contributed by atoms with E-state index in [0.717, 1.165) is 16.7 Å². The molecule has 2 heteroatoms. The third-order valence-electron chi connectivity index (χ3n) is 2.75. The molecule has 0 aliphatic heterocycles. The molecular weight excluding hydrogens is 215 g/mol. The summed E-state index contributed by atoms with van der Waals surface area (Å²) in [5.74, 6) is -0.290. The Balaban J connectivity index is 2.36. The molecule has 17 heavy (non-hydrogen) atoms. The number of aryl methyl sites for hydroxylation is 2. The van der Waals surface area contributed by atoms with Crippen LogP contribution in [0.1, 0.15) is 28.4 Å². The van der Waals surface area contributed by atoms with E-state index in [-0.39, 0.29) is 5.82 Å². The van der Waals surface area contributed by atoms with Gasteiger partial charge in [-0.15, -0.1) is 0 Å². The van der Waals surface area contributed by atoms with E-state index in [1.165, 1.54) is 12.1 Å². The summed E-state index contributed by atoms with van der Waals surface area (Å²) < 4.78 is 12.8. The molecule has 88 valence electrons. The van der Waals surface area contributed by atoms with Crippen molar-refractivity contribution in [1.82, 2.24) is 0 Å². The van der Waals surface area contributed by atoms with Gasteiger partial charge in [-0.3, -0.25) is 0 Å². The summed E-state index contributed by atoms with van der Waals surface area (Å²) in [6.45, 7) is 3.99. The maximum atomic E-state index is 12.8. The Kier molecular flexibility index (Phi) is 3.25. The molecule has 0 aliphatic rings. The molecule has 0 aliphatic carbocycles. The fourth-order valence-electron chi connectivity index (χ4n) is 2.01. The van der Waals surface area contributed by atoms with Crippen molar-refractivity contribution < 1.29 is 9.50 Å². The van der Waals surface area contributed by atoms with Crippen LogP contribution in [0.25, 0.3) is 0 Å². The first-order valence-electron chi connectivity index (χ1n) is 5.58. The lowest BCUT2D eigenvalue weighted by atomic mass is 9.98. The number of hydrogen-bond acceptors (Lipinski definition) is 1. The Labute approximate surface area is 101 Å². The summed E-state index contributed by atoms with van der Waals surface area (Å²) >= 11 is 0. The van der Waals surface area contributed by atoms with Gasteiger partial charge in [-0.25, -0.2) is 4.39 Å². The number of halogens is 1. The molecule has 0 spiro atoms. The number of hydrogen-bond donors (Lipinski definition) is 1. The molecule has 0 radical (unpaired) electrons. The van der Waals surface area contributed by atoms with Gasteiger partial charge in [0.2, 0.25) is 0 Å². The summed E-state index contributed by atoms with van der Waals surface area (Å²) in [6.07, 6.45) is -0.700. The van der Waals surface area contributed by atoms with Gasteiger partial charge in [0, 0.05) is 0 Å². The van der Waals surface area contributed by atoms with Gasteiger partial charge in [-0.05, 0) is 37.1 Å². The Morgan fingerprint density at radius 1 is 0.882 bits per heavy atom. The normalized spacial score (nSPS) is 12.5. The molecule has 0 amide bonds. The Morgan fingerprint density at radius 3 is 1.94 bits per heavy atom. The molecule has 0 aromatic heterocycles. The van der Waals surface area contributed by atoms with Crippen molar-refractivity contribution in [2.24, 2.45) is 0 Å². The molecule has 0 unspecified atom stereocenters. The van der Waals surface area contributed by atoms with Crippen LogP contribution in [0.5, 0.6) is 0 Å². The van der Waals surface area contributed by atoms with Crippen LogP contribution in [0.3, 0.4) is 0 Å². The minimum atomic E-state index is -0.700. The minimum absolute atomic E-state index is 0.290. The van der Waals surface area contributed by atoms with Crippen LogP contribution in [0.4, 0.5) is 4.39 Å². The van der Waals surface area contributed by atoms with Crippen molar-refractivity contribution in [2.45, 2.75) is 20.0 Å². The van der Waals surface area contributed by atoms with Crippen molar-refractivity contribution in [3.05, 3.63) is 70.5 Å². The summed E-state index contributed by atoms with van der Waals surface area (Å²) in [4.78, 5) is 0. The van der Waals surface area contributed by atoms with E-state index in [2.05, 4.69) is 6.07 Å². The second-order valence-corrected chi connectivity index (χ2v) is 4.38.